The van der Waals surface area contributed by atoms with Crippen molar-refractivity contribution in [2.45, 2.75) is 20.8 Å². The summed E-state index contributed by atoms with van der Waals surface area (Å²) in [5, 5.41) is 0. The molecular formula is C20H22O4. The van der Waals surface area contributed by atoms with Gasteiger partial charge in [-0.1, -0.05) is 57.2 Å². The highest BCUT2D eigenvalue weighted by molar-refractivity contribution is 6.09. The highest BCUT2D eigenvalue weighted by Gasteiger charge is 2.32. The summed E-state index contributed by atoms with van der Waals surface area (Å²) in [6.07, 6.45) is 12.9. The van der Waals surface area contributed by atoms with Crippen LogP contribution < -0.4 is 0 Å². The average Bonchev–Trinajstić information content (AvgIpc) is 2.85. The van der Waals surface area contributed by atoms with Crippen LogP contribution in [0.1, 0.15) is 20.8 Å². The zero-order valence-electron chi connectivity index (χ0n) is 14.7. The number of hydrogen-bond acceptors (Lipinski definition) is 4. The van der Waals surface area contributed by atoms with Crippen LogP contribution in [0, 0.1) is 5.41 Å². The van der Waals surface area contributed by atoms with E-state index in [1.807, 2.05) is 36.5 Å². The van der Waals surface area contributed by atoms with E-state index in [1.54, 1.807) is 6.08 Å². The van der Waals surface area contributed by atoms with Crippen molar-refractivity contribution in [1.82, 2.24) is 0 Å². The van der Waals surface area contributed by atoms with Gasteiger partial charge in [-0.3, -0.25) is 0 Å². The first-order valence-electron chi connectivity index (χ1n) is 7.70. The van der Waals surface area contributed by atoms with Gasteiger partial charge in [0.15, 0.2) is 0 Å². The number of carbonyl (C=O) groups excluding carboxylic acids is 2. The second-order valence-corrected chi connectivity index (χ2v) is 6.51. The largest absolute Gasteiger partial charge is 0.465 e. The smallest absolute Gasteiger partial charge is 0.339 e. The van der Waals surface area contributed by atoms with Crippen LogP contribution in [0.3, 0.4) is 0 Å². The molecule has 2 aliphatic carbocycles. The Bertz CT molecular complexity index is 747. The summed E-state index contributed by atoms with van der Waals surface area (Å²) >= 11 is 0. The van der Waals surface area contributed by atoms with Gasteiger partial charge in [-0.25, -0.2) is 9.59 Å². The second kappa shape index (κ2) is 6.87. The van der Waals surface area contributed by atoms with E-state index in [4.69, 9.17) is 9.47 Å². The highest BCUT2D eigenvalue weighted by atomic mass is 16.5. The summed E-state index contributed by atoms with van der Waals surface area (Å²) in [6, 6.07) is 0. The molecule has 2 aliphatic rings. The van der Waals surface area contributed by atoms with Crippen LogP contribution in [0.4, 0.5) is 0 Å². The van der Waals surface area contributed by atoms with Crippen LogP contribution >= 0.6 is 0 Å². The normalized spacial score (nSPS) is 17.1. The predicted octanol–water partition coefficient (Wildman–Crippen LogP) is 3.59. The standard InChI is InChI=1S/C20H22O4/c1-20(2,3)16-12-11-15(18(21)23-4)17(19(22)24-5)14-10-8-6-7-9-13(14)16/h6-12H,1-5H3. The molecule has 0 aliphatic heterocycles. The maximum atomic E-state index is 12.4. The monoisotopic (exact) mass is 326 g/mol. The van der Waals surface area contributed by atoms with E-state index >= 15 is 0 Å². The van der Waals surface area contributed by atoms with E-state index in [2.05, 4.69) is 20.8 Å². The molecule has 0 spiro atoms. The van der Waals surface area contributed by atoms with Crippen molar-refractivity contribution in [3.63, 3.8) is 0 Å². The van der Waals surface area contributed by atoms with Gasteiger partial charge in [-0.2, -0.15) is 0 Å². The number of rotatable bonds is 2. The fourth-order valence-corrected chi connectivity index (χ4v) is 2.74. The molecule has 4 heteroatoms. The number of hydrogen-bond donors (Lipinski definition) is 0. The van der Waals surface area contributed by atoms with E-state index in [-0.39, 0.29) is 16.6 Å². The lowest BCUT2D eigenvalue weighted by atomic mass is 9.78. The van der Waals surface area contributed by atoms with E-state index in [0.717, 1.165) is 11.1 Å². The topological polar surface area (TPSA) is 52.6 Å². The summed E-state index contributed by atoms with van der Waals surface area (Å²) < 4.78 is 9.80. The van der Waals surface area contributed by atoms with Crippen LogP contribution in [-0.4, -0.2) is 26.2 Å². The fourth-order valence-electron chi connectivity index (χ4n) is 2.74. The number of esters is 2. The van der Waals surface area contributed by atoms with Gasteiger partial charge >= 0.3 is 11.9 Å². The quantitative estimate of drug-likeness (QED) is 0.728. The zero-order chi connectivity index (χ0) is 17.9. The third-order valence-corrected chi connectivity index (χ3v) is 3.89. The minimum Gasteiger partial charge on any atom is -0.465 e. The SMILES string of the molecule is COC(=O)C1=CC=C(C(C)(C)C)C2=CC=CC=CC2=C1C(=O)OC. The molecule has 0 atom stereocenters. The first kappa shape index (κ1) is 17.7. The van der Waals surface area contributed by atoms with Crippen LogP contribution in [-0.2, 0) is 19.1 Å². The minimum absolute atomic E-state index is 0.174. The number of ether oxygens (including phenoxy) is 2. The molecule has 24 heavy (non-hydrogen) atoms. The lowest BCUT2D eigenvalue weighted by Crippen LogP contribution is -2.17. The summed E-state index contributed by atoms with van der Waals surface area (Å²) in [5.41, 5.74) is 2.80. The third kappa shape index (κ3) is 3.32. The molecule has 0 saturated heterocycles. The first-order valence-corrected chi connectivity index (χ1v) is 7.70. The van der Waals surface area contributed by atoms with Crippen LogP contribution in [0.25, 0.3) is 0 Å². The molecule has 0 aromatic carbocycles. The Morgan fingerprint density at radius 3 is 2.12 bits per heavy atom. The van der Waals surface area contributed by atoms with Gasteiger partial charge in [-0.05, 0) is 28.2 Å². The molecule has 0 amide bonds. The fraction of sp³-hybridized carbons (Fsp3) is 0.300. The third-order valence-electron chi connectivity index (χ3n) is 3.89. The Balaban J connectivity index is 2.85. The average molecular weight is 326 g/mol. The Hall–Kier alpha value is -2.62. The second-order valence-electron chi connectivity index (χ2n) is 6.51. The summed E-state index contributed by atoms with van der Waals surface area (Å²) in [5.74, 6) is -1.14. The zero-order valence-corrected chi connectivity index (χ0v) is 14.7. The van der Waals surface area contributed by atoms with Gasteiger partial charge in [0.1, 0.15) is 0 Å². The van der Waals surface area contributed by atoms with Crippen LogP contribution in [0.15, 0.2) is 70.4 Å². The molecule has 0 fully saturated rings. The predicted molar refractivity (Wildman–Crippen MR) is 93.0 cm³/mol. The Morgan fingerprint density at radius 1 is 0.875 bits per heavy atom. The first-order chi connectivity index (χ1) is 11.3. The number of allylic oxidation sites excluding steroid dienone is 10. The van der Waals surface area contributed by atoms with Gasteiger partial charge in [-0.15, -0.1) is 0 Å². The van der Waals surface area contributed by atoms with Crippen molar-refractivity contribution in [2.24, 2.45) is 5.41 Å². The molecule has 0 saturated carbocycles. The van der Waals surface area contributed by atoms with E-state index in [9.17, 15) is 9.59 Å². The van der Waals surface area contributed by atoms with Gasteiger partial charge in [0.25, 0.3) is 0 Å². The molecular weight excluding hydrogens is 304 g/mol. The maximum Gasteiger partial charge on any atom is 0.339 e. The van der Waals surface area contributed by atoms with Gasteiger partial charge < -0.3 is 9.47 Å². The van der Waals surface area contributed by atoms with Crippen molar-refractivity contribution in [3.05, 3.63) is 70.4 Å². The number of carbonyl (C=O) groups is 2. The van der Waals surface area contributed by atoms with Crippen molar-refractivity contribution >= 4 is 11.9 Å². The van der Waals surface area contributed by atoms with E-state index in [0.29, 0.717) is 5.57 Å². The van der Waals surface area contributed by atoms with Gasteiger partial charge in [0.2, 0.25) is 0 Å². The molecule has 0 unspecified atom stereocenters. The van der Waals surface area contributed by atoms with Gasteiger partial charge in [0.05, 0.1) is 25.4 Å². The van der Waals surface area contributed by atoms with E-state index < -0.39 is 11.9 Å². The van der Waals surface area contributed by atoms with Crippen molar-refractivity contribution in [3.8, 4) is 0 Å². The molecule has 0 radical (unpaired) electrons. The lowest BCUT2D eigenvalue weighted by molar-refractivity contribution is -0.139. The molecule has 0 aromatic rings. The molecule has 126 valence electrons. The lowest BCUT2D eigenvalue weighted by Gasteiger charge is -2.26. The molecule has 0 aromatic heterocycles. The summed E-state index contributed by atoms with van der Waals surface area (Å²) in [6.45, 7) is 6.26. The molecule has 0 bridgehead atoms. The Kier molecular flexibility index (Phi) is 5.07. The van der Waals surface area contributed by atoms with Crippen molar-refractivity contribution in [2.75, 3.05) is 14.2 Å². The minimum atomic E-state index is -0.570. The maximum absolute atomic E-state index is 12.4. The van der Waals surface area contributed by atoms with Gasteiger partial charge in [0, 0.05) is 0 Å². The van der Waals surface area contributed by atoms with Crippen LogP contribution in [0.2, 0.25) is 0 Å². The Labute approximate surface area is 142 Å². The van der Waals surface area contributed by atoms with Crippen LogP contribution in [0.5, 0.6) is 0 Å². The molecule has 0 N–H and O–H groups in total. The number of fused-ring (bicyclic) bond motifs is 1. The number of methoxy groups -OCH3 is 2. The molecule has 4 nitrogen and oxygen atoms in total. The summed E-state index contributed by atoms with van der Waals surface area (Å²) in [7, 11) is 2.60. The highest BCUT2D eigenvalue weighted by Crippen LogP contribution is 2.40. The van der Waals surface area contributed by atoms with Crippen molar-refractivity contribution < 1.29 is 19.1 Å². The summed E-state index contributed by atoms with van der Waals surface area (Å²) in [4.78, 5) is 24.7. The van der Waals surface area contributed by atoms with Crippen molar-refractivity contribution in [1.29, 1.82) is 0 Å². The Morgan fingerprint density at radius 2 is 1.54 bits per heavy atom. The van der Waals surface area contributed by atoms with E-state index in [1.165, 1.54) is 14.2 Å². The molecule has 0 heterocycles. The molecule has 2 rings (SSSR count).